The van der Waals surface area contributed by atoms with E-state index in [4.69, 9.17) is 0 Å². The third-order valence-electron chi connectivity index (χ3n) is 16.1. The van der Waals surface area contributed by atoms with Crippen LogP contribution in [0.15, 0.2) is 131 Å². The average Bonchev–Trinajstić information content (AvgIpc) is 3.48. The van der Waals surface area contributed by atoms with Gasteiger partial charge in [-0.05, 0) is 147 Å². The fourth-order valence-corrected chi connectivity index (χ4v) is 13.7. The standard InChI is InChI=1S/C58H55BN2OS/c1-33-29-46-43(30-39(33)58(9,10)38-21-13-15-23-48(38)62)59-53-47(60(46)45-31-41-40(28-34(45)2)55(3,4)26-27-56(41,5)6)32-42-51(35-18-11-12-20-37(35)57(42,7)8)52(53)36-19-17-25-50-54(36)61(59)44-22-14-16-24-49(44)63-50/h11-25,28-32,62H,26-27H2,1-10H3. The van der Waals surface area contributed by atoms with Crippen molar-refractivity contribution >= 4 is 58.0 Å². The van der Waals surface area contributed by atoms with Gasteiger partial charge in [0.2, 0.25) is 0 Å². The van der Waals surface area contributed by atoms with Crippen LogP contribution in [0.3, 0.4) is 0 Å². The molecule has 63 heavy (non-hydrogen) atoms. The molecular formula is C58H55BN2OS. The van der Waals surface area contributed by atoms with E-state index in [1.165, 1.54) is 117 Å². The van der Waals surface area contributed by atoms with Crippen molar-refractivity contribution in [1.29, 1.82) is 0 Å². The Morgan fingerprint density at radius 3 is 2.00 bits per heavy atom. The molecule has 0 saturated heterocycles. The number of benzene rings is 7. The first-order chi connectivity index (χ1) is 30.0. The highest BCUT2D eigenvalue weighted by Crippen LogP contribution is 2.61. The first-order valence-electron chi connectivity index (χ1n) is 22.9. The zero-order chi connectivity index (χ0) is 43.7. The molecular weight excluding hydrogens is 784 g/mol. The molecule has 0 saturated carbocycles. The number of rotatable bonds is 3. The van der Waals surface area contributed by atoms with Crippen molar-refractivity contribution in [2.45, 2.75) is 114 Å². The molecule has 312 valence electrons. The van der Waals surface area contributed by atoms with E-state index < -0.39 is 5.41 Å². The highest BCUT2D eigenvalue weighted by Gasteiger charge is 2.52. The summed E-state index contributed by atoms with van der Waals surface area (Å²) in [5.74, 6) is 0.333. The van der Waals surface area contributed by atoms with Crippen LogP contribution in [0.2, 0.25) is 0 Å². The van der Waals surface area contributed by atoms with Crippen molar-refractivity contribution < 1.29 is 5.11 Å². The minimum Gasteiger partial charge on any atom is -0.508 e. The van der Waals surface area contributed by atoms with Gasteiger partial charge in [-0.2, -0.15) is 0 Å². The SMILES string of the molecule is Cc1cc2c(cc1N1c3cc(C)c(C(C)(C)c4ccccc4O)cc3B3c4c1cc1c(c4-c4cccc5c4N3c3ccccc3S5)-c3ccccc3C1(C)C)C(C)(C)CCC2(C)C. The monoisotopic (exact) mass is 838 g/mol. The number of nitrogens with zero attached hydrogens (tertiary/aromatic N) is 2. The van der Waals surface area contributed by atoms with Crippen LogP contribution in [-0.4, -0.2) is 12.0 Å². The highest BCUT2D eigenvalue weighted by atomic mass is 32.2. The van der Waals surface area contributed by atoms with Crippen molar-refractivity contribution in [3.63, 3.8) is 0 Å². The van der Waals surface area contributed by atoms with Crippen LogP contribution in [-0.2, 0) is 21.7 Å². The molecule has 2 aliphatic carbocycles. The van der Waals surface area contributed by atoms with Crippen LogP contribution in [0.5, 0.6) is 5.75 Å². The molecule has 3 heterocycles. The normalized spacial score (nSPS) is 17.5. The lowest BCUT2D eigenvalue weighted by molar-refractivity contribution is 0.332. The summed E-state index contributed by atoms with van der Waals surface area (Å²) in [6, 6.07) is 45.9. The average molecular weight is 839 g/mol. The quantitative estimate of drug-likeness (QED) is 0.179. The summed E-state index contributed by atoms with van der Waals surface area (Å²) in [4.78, 5) is 7.96. The Hall–Kier alpha value is -5.65. The highest BCUT2D eigenvalue weighted by molar-refractivity contribution is 7.99. The van der Waals surface area contributed by atoms with Crippen LogP contribution in [0.1, 0.15) is 113 Å². The van der Waals surface area contributed by atoms with Gasteiger partial charge in [0.05, 0.1) is 5.69 Å². The second kappa shape index (κ2) is 12.8. The van der Waals surface area contributed by atoms with Crippen LogP contribution in [0.25, 0.3) is 22.3 Å². The number of hydrogen-bond acceptors (Lipinski definition) is 4. The minimum absolute atomic E-state index is 0.0431. The third-order valence-corrected chi connectivity index (χ3v) is 17.2. The molecule has 12 rings (SSSR count). The van der Waals surface area contributed by atoms with Crippen LogP contribution >= 0.6 is 11.8 Å². The number of phenolic OH excluding ortho intramolecular Hbond substituents is 1. The molecule has 3 aliphatic heterocycles. The Bertz CT molecular complexity index is 3170. The van der Waals surface area contributed by atoms with E-state index >= 15 is 0 Å². The van der Waals surface area contributed by atoms with Gasteiger partial charge in [-0.15, -0.1) is 0 Å². The van der Waals surface area contributed by atoms with E-state index in [2.05, 4.69) is 188 Å². The molecule has 0 atom stereocenters. The molecule has 7 aromatic rings. The summed E-state index contributed by atoms with van der Waals surface area (Å²) in [6.07, 6.45) is 2.34. The molecule has 5 aliphatic rings. The largest absolute Gasteiger partial charge is 0.508 e. The maximum absolute atomic E-state index is 11.4. The Morgan fingerprint density at radius 1 is 0.571 bits per heavy atom. The van der Waals surface area contributed by atoms with E-state index in [0.717, 1.165) is 12.0 Å². The Kier molecular flexibility index (Phi) is 7.89. The van der Waals surface area contributed by atoms with E-state index in [9.17, 15) is 5.11 Å². The lowest BCUT2D eigenvalue weighted by atomic mass is 9.42. The van der Waals surface area contributed by atoms with Crippen LogP contribution in [0, 0.1) is 13.8 Å². The second-order valence-electron chi connectivity index (χ2n) is 21.4. The van der Waals surface area contributed by atoms with Gasteiger partial charge < -0.3 is 14.8 Å². The fourth-order valence-electron chi connectivity index (χ4n) is 12.6. The number of para-hydroxylation sites is 3. The van der Waals surface area contributed by atoms with E-state index in [1.54, 1.807) is 0 Å². The van der Waals surface area contributed by atoms with Gasteiger partial charge >= 0.3 is 6.85 Å². The molecule has 0 unspecified atom stereocenters. The summed E-state index contributed by atoms with van der Waals surface area (Å²) in [7, 11) is 0. The number of fused-ring (bicyclic) bond motifs is 11. The summed E-state index contributed by atoms with van der Waals surface area (Å²) in [5.41, 5.74) is 24.3. The molecule has 0 radical (unpaired) electrons. The van der Waals surface area contributed by atoms with Crippen molar-refractivity contribution in [2.75, 3.05) is 9.71 Å². The lowest BCUT2D eigenvalue weighted by Gasteiger charge is -2.49. The topological polar surface area (TPSA) is 26.7 Å². The Labute approximate surface area is 378 Å². The van der Waals surface area contributed by atoms with Crippen LogP contribution < -0.4 is 20.6 Å². The number of aromatic hydroxyl groups is 1. The Morgan fingerprint density at radius 2 is 1.22 bits per heavy atom. The van der Waals surface area contributed by atoms with Crippen molar-refractivity contribution in [3.05, 3.63) is 166 Å². The van der Waals surface area contributed by atoms with Crippen molar-refractivity contribution in [3.8, 4) is 28.0 Å². The van der Waals surface area contributed by atoms with Crippen molar-refractivity contribution in [1.82, 2.24) is 0 Å². The van der Waals surface area contributed by atoms with Gasteiger partial charge in [0.1, 0.15) is 5.75 Å². The smallest absolute Gasteiger partial charge is 0.333 e. The fraction of sp³-hybridized carbons (Fsp3) is 0.276. The summed E-state index contributed by atoms with van der Waals surface area (Å²) >= 11 is 1.90. The molecule has 0 amide bonds. The van der Waals surface area contributed by atoms with E-state index in [0.29, 0.717) is 5.75 Å². The van der Waals surface area contributed by atoms with Gasteiger partial charge in [0, 0.05) is 54.5 Å². The first-order valence-corrected chi connectivity index (χ1v) is 23.7. The Balaban J connectivity index is 1.26. The molecule has 3 nitrogen and oxygen atoms in total. The van der Waals surface area contributed by atoms with Crippen LogP contribution in [0.4, 0.5) is 28.4 Å². The van der Waals surface area contributed by atoms with Crippen molar-refractivity contribution in [2.24, 2.45) is 0 Å². The van der Waals surface area contributed by atoms with Gasteiger partial charge in [0.25, 0.3) is 0 Å². The number of phenols is 1. The van der Waals surface area contributed by atoms with Gasteiger partial charge in [-0.1, -0.05) is 146 Å². The second-order valence-corrected chi connectivity index (χ2v) is 22.5. The molecule has 0 spiro atoms. The third kappa shape index (κ3) is 5.12. The zero-order valence-electron chi connectivity index (χ0n) is 38.3. The number of aryl methyl sites for hydroxylation is 2. The van der Waals surface area contributed by atoms with Gasteiger partial charge in [-0.25, -0.2) is 0 Å². The first kappa shape index (κ1) is 39.0. The summed E-state index contributed by atoms with van der Waals surface area (Å²) in [5, 5.41) is 11.4. The molecule has 0 aromatic heterocycles. The predicted octanol–water partition coefficient (Wildman–Crippen LogP) is 14.2. The van der Waals surface area contributed by atoms with E-state index in [-0.39, 0.29) is 23.1 Å². The van der Waals surface area contributed by atoms with Gasteiger partial charge in [-0.3, -0.25) is 0 Å². The number of hydrogen-bond donors (Lipinski definition) is 1. The van der Waals surface area contributed by atoms with Gasteiger partial charge in [0.15, 0.2) is 0 Å². The molecule has 0 fully saturated rings. The molecule has 1 N–H and O–H groups in total. The minimum atomic E-state index is -0.482. The maximum Gasteiger partial charge on any atom is 0.333 e. The molecule has 7 aromatic carbocycles. The summed E-state index contributed by atoms with van der Waals surface area (Å²) < 4.78 is 0. The number of anilines is 5. The van der Waals surface area contributed by atoms with E-state index in [1.807, 2.05) is 23.9 Å². The molecule has 5 heteroatoms. The maximum atomic E-state index is 11.4. The molecule has 0 bridgehead atoms. The zero-order valence-corrected chi connectivity index (χ0v) is 39.1. The lowest BCUT2D eigenvalue weighted by Crippen LogP contribution is -2.62. The summed E-state index contributed by atoms with van der Waals surface area (Å²) in [6.45, 7) is 23.7. The predicted molar refractivity (Wildman–Crippen MR) is 267 cm³/mol.